The van der Waals surface area contributed by atoms with Gasteiger partial charge < -0.3 is 5.32 Å². The van der Waals surface area contributed by atoms with Gasteiger partial charge in [0.25, 0.3) is 0 Å². The van der Waals surface area contributed by atoms with Crippen LogP contribution in [0.5, 0.6) is 0 Å². The summed E-state index contributed by atoms with van der Waals surface area (Å²) in [4.78, 5) is 9.25. The van der Waals surface area contributed by atoms with Crippen molar-refractivity contribution in [3.63, 3.8) is 0 Å². The van der Waals surface area contributed by atoms with E-state index in [1.807, 2.05) is 0 Å². The summed E-state index contributed by atoms with van der Waals surface area (Å²) in [6, 6.07) is 0. The molecule has 0 aromatic rings. The Kier molecular flexibility index (Phi) is 4.23. The van der Waals surface area contributed by atoms with Crippen molar-refractivity contribution in [3.05, 3.63) is 12.7 Å². The molecule has 0 radical (unpaired) electrons. The van der Waals surface area contributed by atoms with E-state index in [9.17, 15) is 0 Å². The molecule has 4 heteroatoms. The van der Waals surface area contributed by atoms with Gasteiger partial charge in [-0.2, -0.15) is 0 Å². The molecular formula is C8H15N3O. The van der Waals surface area contributed by atoms with Crippen LogP contribution in [0.1, 0.15) is 12.8 Å². The summed E-state index contributed by atoms with van der Waals surface area (Å²) in [6.45, 7) is 5.85. The molecule has 0 aromatic carbocycles. The molecular weight excluding hydrogens is 154 g/mol. The Balaban J connectivity index is 2.19. The van der Waals surface area contributed by atoms with Gasteiger partial charge in [0.1, 0.15) is 0 Å². The van der Waals surface area contributed by atoms with Gasteiger partial charge in [0.2, 0.25) is 5.96 Å². The van der Waals surface area contributed by atoms with Crippen molar-refractivity contribution >= 4 is 5.96 Å². The monoisotopic (exact) mass is 169 g/mol. The zero-order chi connectivity index (χ0) is 8.65. The highest BCUT2D eigenvalue weighted by Gasteiger charge is 2.00. The molecule has 0 aromatic heterocycles. The van der Waals surface area contributed by atoms with Crippen molar-refractivity contribution in [2.75, 3.05) is 19.7 Å². The van der Waals surface area contributed by atoms with E-state index in [1.165, 1.54) is 0 Å². The van der Waals surface area contributed by atoms with Gasteiger partial charge in [-0.15, -0.1) is 6.58 Å². The fraction of sp³-hybridized carbons (Fsp3) is 0.625. The highest BCUT2D eigenvalue weighted by atomic mass is 16.6. The molecule has 12 heavy (non-hydrogen) atoms. The third kappa shape index (κ3) is 3.39. The second kappa shape index (κ2) is 5.60. The number of rotatable bonds is 3. The lowest BCUT2D eigenvalue weighted by Crippen LogP contribution is -2.37. The molecule has 0 saturated carbocycles. The minimum atomic E-state index is 0.487. The summed E-state index contributed by atoms with van der Waals surface area (Å²) in [6.07, 6.45) is 3.99. The van der Waals surface area contributed by atoms with Crippen molar-refractivity contribution in [3.8, 4) is 0 Å². The second-order valence-electron chi connectivity index (χ2n) is 2.57. The Morgan fingerprint density at radius 1 is 1.67 bits per heavy atom. The van der Waals surface area contributed by atoms with Gasteiger partial charge in [0, 0.05) is 13.1 Å². The molecule has 0 spiro atoms. The van der Waals surface area contributed by atoms with Crippen LogP contribution in [0.4, 0.5) is 0 Å². The lowest BCUT2D eigenvalue weighted by atomic mass is 10.3. The standard InChI is InChI=1S/C8H15N3O/c1-2-7-12-11-8-9-5-3-4-6-10-8/h2H,1,3-7H2,(H2,9,10,11). The zero-order valence-electron chi connectivity index (χ0n) is 7.18. The highest BCUT2D eigenvalue weighted by molar-refractivity contribution is 5.78. The fourth-order valence-corrected chi connectivity index (χ4v) is 0.928. The summed E-state index contributed by atoms with van der Waals surface area (Å²) in [5, 5.41) is 3.12. The molecule has 2 N–H and O–H groups in total. The minimum Gasteiger partial charge on any atom is -0.355 e. The van der Waals surface area contributed by atoms with E-state index in [0.29, 0.717) is 6.61 Å². The van der Waals surface area contributed by atoms with E-state index in [1.54, 1.807) is 6.08 Å². The Labute approximate surface area is 72.7 Å². The maximum absolute atomic E-state index is 5.02. The van der Waals surface area contributed by atoms with E-state index in [0.717, 1.165) is 31.9 Å². The average Bonchev–Trinajstić information content (AvgIpc) is 2.33. The van der Waals surface area contributed by atoms with Gasteiger partial charge in [-0.05, 0) is 12.8 Å². The topological polar surface area (TPSA) is 45.6 Å². The van der Waals surface area contributed by atoms with Crippen LogP contribution in [0.3, 0.4) is 0 Å². The molecule has 1 rings (SSSR count). The van der Waals surface area contributed by atoms with Crippen LogP contribution in [0.15, 0.2) is 17.6 Å². The van der Waals surface area contributed by atoms with Crippen LogP contribution >= 0.6 is 0 Å². The number of aliphatic imine (C=N–C) groups is 1. The fourth-order valence-electron chi connectivity index (χ4n) is 0.928. The van der Waals surface area contributed by atoms with Crippen LogP contribution in [0.25, 0.3) is 0 Å². The van der Waals surface area contributed by atoms with E-state index < -0.39 is 0 Å². The van der Waals surface area contributed by atoms with Gasteiger partial charge in [-0.3, -0.25) is 9.83 Å². The smallest absolute Gasteiger partial charge is 0.215 e. The molecule has 0 amide bonds. The quantitative estimate of drug-likeness (QED) is 0.366. The molecule has 0 atom stereocenters. The maximum atomic E-state index is 5.02. The predicted octanol–water partition coefficient (Wildman–Crippen LogP) is 0.433. The predicted molar refractivity (Wildman–Crippen MR) is 48.8 cm³/mol. The van der Waals surface area contributed by atoms with E-state index >= 15 is 0 Å². The van der Waals surface area contributed by atoms with Crippen molar-refractivity contribution in [1.29, 1.82) is 0 Å². The summed E-state index contributed by atoms with van der Waals surface area (Å²) in [7, 11) is 0. The van der Waals surface area contributed by atoms with Crippen LogP contribution in [-0.2, 0) is 4.84 Å². The number of guanidine groups is 1. The van der Waals surface area contributed by atoms with E-state index in [2.05, 4.69) is 22.4 Å². The molecule has 4 nitrogen and oxygen atoms in total. The van der Waals surface area contributed by atoms with Crippen LogP contribution in [0.2, 0.25) is 0 Å². The molecule has 0 aliphatic carbocycles. The zero-order valence-corrected chi connectivity index (χ0v) is 7.18. The molecule has 1 aliphatic heterocycles. The van der Waals surface area contributed by atoms with Gasteiger partial charge in [-0.1, -0.05) is 6.08 Å². The van der Waals surface area contributed by atoms with Crippen LogP contribution in [-0.4, -0.2) is 25.7 Å². The highest BCUT2D eigenvalue weighted by Crippen LogP contribution is 1.92. The average molecular weight is 169 g/mol. The molecule has 0 fully saturated rings. The van der Waals surface area contributed by atoms with Gasteiger partial charge in [0.15, 0.2) is 0 Å². The summed E-state index contributed by atoms with van der Waals surface area (Å²) >= 11 is 0. The van der Waals surface area contributed by atoms with E-state index in [-0.39, 0.29) is 0 Å². The van der Waals surface area contributed by atoms with Crippen molar-refractivity contribution in [2.45, 2.75) is 12.8 Å². The second-order valence-corrected chi connectivity index (χ2v) is 2.57. The van der Waals surface area contributed by atoms with Crippen LogP contribution in [0, 0.1) is 0 Å². The number of hydrogen-bond acceptors (Lipinski definition) is 4. The number of hydrogen-bond donors (Lipinski definition) is 2. The first-order chi connectivity index (χ1) is 5.93. The Hall–Kier alpha value is -1.03. The van der Waals surface area contributed by atoms with Gasteiger partial charge >= 0.3 is 0 Å². The van der Waals surface area contributed by atoms with Gasteiger partial charge in [-0.25, -0.2) is 5.48 Å². The minimum absolute atomic E-state index is 0.487. The Morgan fingerprint density at radius 2 is 2.58 bits per heavy atom. The van der Waals surface area contributed by atoms with Gasteiger partial charge in [0.05, 0.1) is 6.61 Å². The SMILES string of the molecule is C=CCONC1=NCCCCN1. The lowest BCUT2D eigenvalue weighted by molar-refractivity contribution is 0.108. The number of nitrogens with zero attached hydrogens (tertiary/aromatic N) is 1. The summed E-state index contributed by atoms with van der Waals surface area (Å²) in [5.41, 5.74) is 2.73. The molecule has 0 bridgehead atoms. The van der Waals surface area contributed by atoms with Crippen molar-refractivity contribution in [1.82, 2.24) is 10.8 Å². The molecule has 1 heterocycles. The molecule has 0 saturated heterocycles. The third-order valence-corrected chi connectivity index (χ3v) is 1.52. The Morgan fingerprint density at radius 3 is 3.42 bits per heavy atom. The normalized spacial score (nSPS) is 17.2. The van der Waals surface area contributed by atoms with Crippen molar-refractivity contribution < 1.29 is 4.84 Å². The first-order valence-electron chi connectivity index (χ1n) is 4.20. The molecule has 68 valence electrons. The molecule has 1 aliphatic rings. The lowest BCUT2D eigenvalue weighted by Gasteiger charge is -2.07. The summed E-state index contributed by atoms with van der Waals surface area (Å²) < 4.78 is 0. The molecule has 0 unspecified atom stereocenters. The van der Waals surface area contributed by atoms with Crippen molar-refractivity contribution in [2.24, 2.45) is 4.99 Å². The van der Waals surface area contributed by atoms with E-state index in [4.69, 9.17) is 4.84 Å². The number of nitrogens with one attached hydrogen (secondary N) is 2. The van der Waals surface area contributed by atoms with Crippen LogP contribution < -0.4 is 10.8 Å². The number of hydroxylamine groups is 1. The third-order valence-electron chi connectivity index (χ3n) is 1.52. The Bertz CT molecular complexity index is 168. The first-order valence-corrected chi connectivity index (χ1v) is 4.20. The first kappa shape index (κ1) is 9.06. The maximum Gasteiger partial charge on any atom is 0.215 e. The summed E-state index contributed by atoms with van der Waals surface area (Å²) in [5.74, 6) is 0.731. The largest absolute Gasteiger partial charge is 0.355 e.